The van der Waals surface area contributed by atoms with Gasteiger partial charge in [-0.2, -0.15) is 0 Å². The topological polar surface area (TPSA) is 71.0 Å². The highest BCUT2D eigenvalue weighted by Gasteiger charge is 2.19. The van der Waals surface area contributed by atoms with Crippen LogP contribution >= 0.6 is 0 Å². The minimum absolute atomic E-state index is 0.206. The predicted octanol–water partition coefficient (Wildman–Crippen LogP) is 3.62. The Kier molecular flexibility index (Phi) is 6.32. The molecule has 0 unspecified atom stereocenters. The van der Waals surface area contributed by atoms with Crippen LogP contribution in [0.3, 0.4) is 0 Å². The molecule has 3 aromatic rings. The number of rotatable bonds is 7. The Hall–Kier alpha value is -3.28. The molecule has 0 saturated carbocycles. The van der Waals surface area contributed by atoms with E-state index in [1.807, 2.05) is 63.2 Å². The van der Waals surface area contributed by atoms with Gasteiger partial charge in [0.15, 0.2) is 5.82 Å². The van der Waals surface area contributed by atoms with Crippen molar-refractivity contribution in [1.29, 1.82) is 0 Å². The lowest BCUT2D eigenvalue weighted by Gasteiger charge is -2.22. The molecule has 0 bridgehead atoms. The first-order chi connectivity index (χ1) is 13.6. The Labute approximate surface area is 165 Å². The SMILES string of the molecule is CCN(CC)c1nc(-c2ccc(C)cc2)ncc1C(=O)NCc1ccccn1. The molecule has 0 aliphatic carbocycles. The van der Waals surface area contributed by atoms with Crippen LogP contribution < -0.4 is 10.2 Å². The summed E-state index contributed by atoms with van der Waals surface area (Å²) in [6.07, 6.45) is 3.33. The molecular formula is C22H25N5O. The average molecular weight is 375 g/mol. The molecule has 144 valence electrons. The van der Waals surface area contributed by atoms with E-state index in [1.165, 1.54) is 5.56 Å². The van der Waals surface area contributed by atoms with Crippen LogP contribution in [0.5, 0.6) is 0 Å². The van der Waals surface area contributed by atoms with Crippen molar-refractivity contribution in [2.75, 3.05) is 18.0 Å². The maximum absolute atomic E-state index is 12.8. The maximum atomic E-state index is 12.8. The fourth-order valence-corrected chi connectivity index (χ4v) is 2.91. The number of carbonyl (C=O) groups is 1. The van der Waals surface area contributed by atoms with Gasteiger partial charge in [0.25, 0.3) is 5.91 Å². The fraction of sp³-hybridized carbons (Fsp3) is 0.273. The molecule has 0 saturated heterocycles. The highest BCUT2D eigenvalue weighted by atomic mass is 16.1. The molecule has 2 aromatic heterocycles. The predicted molar refractivity (Wildman–Crippen MR) is 111 cm³/mol. The van der Waals surface area contributed by atoms with E-state index in [0.29, 0.717) is 23.8 Å². The molecule has 6 heteroatoms. The summed E-state index contributed by atoms with van der Waals surface area (Å²) < 4.78 is 0. The lowest BCUT2D eigenvalue weighted by atomic mass is 10.1. The maximum Gasteiger partial charge on any atom is 0.256 e. The first-order valence-corrected chi connectivity index (χ1v) is 9.49. The molecule has 3 rings (SSSR count). The minimum atomic E-state index is -0.206. The molecule has 1 aromatic carbocycles. The summed E-state index contributed by atoms with van der Waals surface area (Å²) in [6.45, 7) is 8.00. The van der Waals surface area contributed by atoms with Crippen LogP contribution in [0.25, 0.3) is 11.4 Å². The van der Waals surface area contributed by atoms with Crippen molar-refractivity contribution in [2.24, 2.45) is 0 Å². The van der Waals surface area contributed by atoms with E-state index < -0.39 is 0 Å². The van der Waals surface area contributed by atoms with Crippen molar-refractivity contribution in [1.82, 2.24) is 20.3 Å². The second-order valence-electron chi connectivity index (χ2n) is 6.47. The average Bonchev–Trinajstić information content (AvgIpc) is 2.74. The highest BCUT2D eigenvalue weighted by Crippen LogP contribution is 2.23. The first kappa shape index (κ1) is 19.5. The zero-order chi connectivity index (χ0) is 19.9. The Morgan fingerprint density at radius 1 is 1.04 bits per heavy atom. The highest BCUT2D eigenvalue weighted by molar-refractivity contribution is 5.98. The molecular weight excluding hydrogens is 350 g/mol. The Morgan fingerprint density at radius 3 is 2.43 bits per heavy atom. The van der Waals surface area contributed by atoms with Crippen molar-refractivity contribution >= 4 is 11.7 Å². The number of anilines is 1. The lowest BCUT2D eigenvalue weighted by molar-refractivity contribution is 0.0950. The normalized spacial score (nSPS) is 10.5. The second kappa shape index (κ2) is 9.08. The smallest absolute Gasteiger partial charge is 0.256 e. The van der Waals surface area contributed by atoms with Crippen LogP contribution in [-0.2, 0) is 6.54 Å². The Balaban J connectivity index is 1.90. The van der Waals surface area contributed by atoms with Gasteiger partial charge in [0.1, 0.15) is 11.4 Å². The van der Waals surface area contributed by atoms with E-state index >= 15 is 0 Å². The zero-order valence-corrected chi connectivity index (χ0v) is 16.5. The number of hydrogen-bond donors (Lipinski definition) is 1. The number of nitrogens with zero attached hydrogens (tertiary/aromatic N) is 4. The number of pyridine rings is 1. The largest absolute Gasteiger partial charge is 0.356 e. The first-order valence-electron chi connectivity index (χ1n) is 9.49. The Bertz CT molecular complexity index is 921. The molecule has 1 N–H and O–H groups in total. The molecule has 0 atom stereocenters. The monoisotopic (exact) mass is 375 g/mol. The van der Waals surface area contributed by atoms with Crippen LogP contribution in [0, 0.1) is 6.92 Å². The number of aromatic nitrogens is 3. The van der Waals surface area contributed by atoms with Crippen LogP contribution in [0.4, 0.5) is 5.82 Å². The third-order valence-electron chi connectivity index (χ3n) is 4.54. The summed E-state index contributed by atoms with van der Waals surface area (Å²) in [7, 11) is 0. The van der Waals surface area contributed by atoms with Gasteiger partial charge >= 0.3 is 0 Å². The van der Waals surface area contributed by atoms with E-state index in [-0.39, 0.29) is 5.91 Å². The van der Waals surface area contributed by atoms with Gasteiger partial charge in [-0.15, -0.1) is 0 Å². The van der Waals surface area contributed by atoms with Crippen LogP contribution in [0.2, 0.25) is 0 Å². The summed E-state index contributed by atoms with van der Waals surface area (Å²) in [6, 6.07) is 13.7. The van der Waals surface area contributed by atoms with Crippen molar-refractivity contribution in [3.05, 3.63) is 71.7 Å². The summed E-state index contributed by atoms with van der Waals surface area (Å²) in [5.41, 5.74) is 3.38. The second-order valence-corrected chi connectivity index (χ2v) is 6.47. The van der Waals surface area contributed by atoms with Crippen LogP contribution in [0.1, 0.15) is 35.5 Å². The van der Waals surface area contributed by atoms with Gasteiger partial charge in [-0.1, -0.05) is 35.9 Å². The summed E-state index contributed by atoms with van der Waals surface area (Å²) >= 11 is 0. The van der Waals surface area contributed by atoms with Gasteiger partial charge in [-0.25, -0.2) is 9.97 Å². The van der Waals surface area contributed by atoms with Gasteiger partial charge in [0.05, 0.1) is 12.2 Å². The van der Waals surface area contributed by atoms with Crippen molar-refractivity contribution < 1.29 is 4.79 Å². The zero-order valence-electron chi connectivity index (χ0n) is 16.5. The summed E-state index contributed by atoms with van der Waals surface area (Å²) in [5, 5.41) is 2.92. The van der Waals surface area contributed by atoms with Crippen molar-refractivity contribution in [3.8, 4) is 11.4 Å². The van der Waals surface area contributed by atoms with Crippen molar-refractivity contribution in [2.45, 2.75) is 27.3 Å². The van der Waals surface area contributed by atoms with E-state index in [0.717, 1.165) is 24.3 Å². The standard InChI is InChI=1S/C22H25N5O/c1-4-27(5-2)21-19(22(28)25-14-18-8-6-7-13-23-18)15-24-20(26-21)17-11-9-16(3)10-12-17/h6-13,15H,4-5,14H2,1-3H3,(H,25,28). The third kappa shape index (κ3) is 4.52. The number of hydrogen-bond acceptors (Lipinski definition) is 5. The molecule has 0 radical (unpaired) electrons. The fourth-order valence-electron chi connectivity index (χ4n) is 2.91. The molecule has 28 heavy (non-hydrogen) atoms. The number of amides is 1. The van der Waals surface area contributed by atoms with Gasteiger partial charge < -0.3 is 10.2 Å². The third-order valence-corrected chi connectivity index (χ3v) is 4.54. The van der Waals surface area contributed by atoms with Crippen LogP contribution in [-0.4, -0.2) is 33.9 Å². The van der Waals surface area contributed by atoms with Gasteiger partial charge in [0, 0.05) is 31.0 Å². The molecule has 1 amide bonds. The Morgan fingerprint density at radius 2 is 1.79 bits per heavy atom. The minimum Gasteiger partial charge on any atom is -0.356 e. The molecule has 6 nitrogen and oxygen atoms in total. The summed E-state index contributed by atoms with van der Waals surface area (Å²) in [4.78, 5) is 28.3. The number of benzene rings is 1. The number of nitrogens with one attached hydrogen (secondary N) is 1. The molecule has 0 aliphatic heterocycles. The van der Waals surface area contributed by atoms with E-state index in [4.69, 9.17) is 4.98 Å². The quantitative estimate of drug-likeness (QED) is 0.683. The van der Waals surface area contributed by atoms with Gasteiger partial charge in [0.2, 0.25) is 0 Å². The molecule has 0 spiro atoms. The summed E-state index contributed by atoms with van der Waals surface area (Å²) in [5.74, 6) is 1.06. The molecule has 0 aliphatic rings. The number of aryl methyl sites for hydroxylation is 1. The van der Waals surface area contributed by atoms with E-state index in [1.54, 1.807) is 12.4 Å². The lowest BCUT2D eigenvalue weighted by Crippen LogP contribution is -2.30. The van der Waals surface area contributed by atoms with E-state index in [9.17, 15) is 4.79 Å². The van der Waals surface area contributed by atoms with Gasteiger partial charge in [-0.3, -0.25) is 9.78 Å². The van der Waals surface area contributed by atoms with Crippen LogP contribution in [0.15, 0.2) is 54.9 Å². The van der Waals surface area contributed by atoms with Crippen molar-refractivity contribution in [3.63, 3.8) is 0 Å². The number of carbonyl (C=O) groups excluding carboxylic acids is 1. The molecule has 2 heterocycles. The van der Waals surface area contributed by atoms with E-state index in [2.05, 4.69) is 20.2 Å². The van der Waals surface area contributed by atoms with Gasteiger partial charge in [-0.05, 0) is 32.9 Å². The molecule has 0 fully saturated rings.